The van der Waals surface area contributed by atoms with Crippen LogP contribution >= 0.6 is 23.2 Å². The van der Waals surface area contributed by atoms with Crippen LogP contribution in [0.5, 0.6) is 11.5 Å². The highest BCUT2D eigenvalue weighted by atomic mass is 35.5. The molecule has 0 radical (unpaired) electrons. The number of Topliss-reactive ketones (excluding diaryl/α,β-unsaturated/α-hetero) is 1. The topological polar surface area (TPSA) is 53.8 Å². The number of fused-ring (bicyclic) bond motifs is 1. The maximum atomic E-state index is 12.8. The molecular weight excluding hydrogens is 421 g/mol. The predicted octanol–water partition coefficient (Wildman–Crippen LogP) is 3.90. The molecule has 1 aliphatic rings. The van der Waals surface area contributed by atoms with Gasteiger partial charge in [-0.1, -0.05) is 71.4 Å². The minimum Gasteiger partial charge on any atom is -0.872 e. The van der Waals surface area contributed by atoms with Gasteiger partial charge in [-0.3, -0.25) is 4.79 Å². The van der Waals surface area contributed by atoms with E-state index < -0.39 is 0 Å². The van der Waals surface area contributed by atoms with Crippen molar-refractivity contribution >= 4 is 35.1 Å². The molecule has 1 atom stereocenters. The average molecular weight is 440 g/mol. The summed E-state index contributed by atoms with van der Waals surface area (Å²) in [6, 6.07) is 18.0. The van der Waals surface area contributed by atoms with Crippen molar-refractivity contribution in [2.24, 2.45) is 0 Å². The Labute approximate surface area is 184 Å². The predicted molar refractivity (Wildman–Crippen MR) is 116 cm³/mol. The normalized spacial score (nSPS) is 15.2. The number of hydrogen-bond donors (Lipinski definition) is 1. The summed E-state index contributed by atoms with van der Waals surface area (Å²) >= 11 is 12.2. The van der Waals surface area contributed by atoms with Crippen LogP contribution in [0.1, 0.15) is 27.0 Å². The summed E-state index contributed by atoms with van der Waals surface area (Å²) in [6.45, 7) is 1.19. The van der Waals surface area contributed by atoms with Crippen molar-refractivity contribution in [2.45, 2.75) is 13.1 Å². The number of halogens is 2. The van der Waals surface area contributed by atoms with Gasteiger partial charge in [0.2, 0.25) is 5.78 Å². The molecule has 0 amide bonds. The fourth-order valence-electron chi connectivity index (χ4n) is 3.52. The Hall–Kier alpha value is -2.79. The van der Waals surface area contributed by atoms with E-state index >= 15 is 0 Å². The van der Waals surface area contributed by atoms with Gasteiger partial charge in [-0.2, -0.15) is 0 Å². The minimum atomic E-state index is -0.266. The Morgan fingerprint density at radius 2 is 1.80 bits per heavy atom. The quantitative estimate of drug-likeness (QED) is 0.613. The Kier molecular flexibility index (Phi) is 5.82. The smallest absolute Gasteiger partial charge is 0.231 e. The molecule has 1 aliphatic heterocycles. The molecule has 0 aliphatic carbocycles. The Balaban J connectivity index is 1.62. The van der Waals surface area contributed by atoms with Gasteiger partial charge in [0.05, 0.1) is 12.6 Å². The fourth-order valence-corrected chi connectivity index (χ4v) is 3.99. The lowest BCUT2D eigenvalue weighted by Crippen LogP contribution is -3.06. The molecule has 30 heavy (non-hydrogen) atoms. The van der Waals surface area contributed by atoms with E-state index in [9.17, 15) is 9.90 Å². The van der Waals surface area contributed by atoms with Gasteiger partial charge in [0, 0.05) is 21.2 Å². The summed E-state index contributed by atoms with van der Waals surface area (Å²) in [5.74, 6) is 0.0794. The number of hydrogen-bond acceptors (Lipinski definition) is 3. The minimum absolute atomic E-state index is 0.139. The maximum Gasteiger partial charge on any atom is 0.231 e. The first-order chi connectivity index (χ1) is 14.4. The number of allylic oxidation sites excluding steroid dienone is 1. The van der Waals surface area contributed by atoms with Gasteiger partial charge in [-0.05, 0) is 29.8 Å². The second-order valence-corrected chi connectivity index (χ2v) is 8.16. The number of ether oxygens (including phenoxy) is 1. The first-order valence-corrected chi connectivity index (χ1v) is 10.3. The summed E-state index contributed by atoms with van der Waals surface area (Å²) in [6.07, 6.45) is 1.58. The van der Waals surface area contributed by atoms with Crippen LogP contribution in [0.4, 0.5) is 0 Å². The van der Waals surface area contributed by atoms with Crippen molar-refractivity contribution in [3.05, 3.63) is 98.7 Å². The lowest BCUT2D eigenvalue weighted by molar-refractivity contribution is -0.907. The Bertz CT molecular complexity index is 1140. The van der Waals surface area contributed by atoms with E-state index in [2.05, 4.69) is 0 Å². The molecule has 0 saturated carbocycles. The summed E-state index contributed by atoms with van der Waals surface area (Å²) < 4.78 is 5.88. The van der Waals surface area contributed by atoms with Gasteiger partial charge in [0.25, 0.3) is 0 Å². The van der Waals surface area contributed by atoms with Gasteiger partial charge in [-0.15, -0.1) is 0 Å². The van der Waals surface area contributed by atoms with E-state index in [4.69, 9.17) is 27.9 Å². The van der Waals surface area contributed by atoms with Crippen LogP contribution in [0.3, 0.4) is 0 Å². The summed E-state index contributed by atoms with van der Waals surface area (Å²) in [7, 11) is 2.01. The molecule has 6 heteroatoms. The average Bonchev–Trinajstić information content (AvgIpc) is 3.03. The van der Waals surface area contributed by atoms with Gasteiger partial charge < -0.3 is 14.7 Å². The van der Waals surface area contributed by atoms with Gasteiger partial charge in [0.15, 0.2) is 5.76 Å². The standard InChI is InChI=1S/C24H19Cl2NO3/c1-27(13-15-5-3-2-4-6-15)14-19-21(28)10-9-18-23(29)22(30-24(18)19)11-16-7-8-17(25)12-20(16)26/h2-12,28H,13-14H2,1H3/b22-11-. The van der Waals surface area contributed by atoms with Crippen molar-refractivity contribution in [3.63, 3.8) is 0 Å². The van der Waals surface area contributed by atoms with E-state index in [0.717, 1.165) is 11.4 Å². The third-order valence-corrected chi connectivity index (χ3v) is 5.54. The van der Waals surface area contributed by atoms with Crippen LogP contribution in [0.2, 0.25) is 10.0 Å². The summed E-state index contributed by atoms with van der Waals surface area (Å²) in [5.41, 5.74) is 2.69. The number of rotatable bonds is 5. The van der Waals surface area contributed by atoms with Crippen LogP contribution in [-0.2, 0) is 13.1 Å². The van der Waals surface area contributed by atoms with Crippen LogP contribution in [0.15, 0.2) is 66.4 Å². The van der Waals surface area contributed by atoms with E-state index in [-0.39, 0.29) is 17.3 Å². The molecule has 0 fully saturated rings. The van der Waals surface area contributed by atoms with Crippen LogP contribution in [0, 0.1) is 0 Å². The number of benzene rings is 3. The zero-order chi connectivity index (χ0) is 21.3. The number of carbonyl (C=O) groups excluding carboxylic acids is 1. The highest BCUT2D eigenvalue weighted by molar-refractivity contribution is 6.35. The number of quaternary nitrogens is 1. The second-order valence-electron chi connectivity index (χ2n) is 7.32. The fraction of sp³-hybridized carbons (Fsp3) is 0.125. The molecule has 0 spiro atoms. The molecule has 0 saturated heterocycles. The molecule has 1 heterocycles. The highest BCUT2D eigenvalue weighted by Gasteiger charge is 2.31. The molecule has 0 bridgehead atoms. The molecule has 4 rings (SSSR count). The third-order valence-electron chi connectivity index (χ3n) is 4.97. The van der Waals surface area contributed by atoms with Crippen molar-refractivity contribution in [1.82, 2.24) is 0 Å². The SMILES string of the molecule is C[NH+](Cc1ccccc1)Cc1c([O-])ccc2c1O/C(=C\c1ccc(Cl)cc1Cl)C2=O. The van der Waals surface area contributed by atoms with Crippen LogP contribution < -0.4 is 14.7 Å². The molecule has 152 valence electrons. The highest BCUT2D eigenvalue weighted by Crippen LogP contribution is 2.38. The zero-order valence-electron chi connectivity index (χ0n) is 16.2. The first-order valence-electron chi connectivity index (χ1n) is 9.50. The van der Waals surface area contributed by atoms with E-state index in [1.54, 1.807) is 24.3 Å². The molecule has 1 unspecified atom stereocenters. The van der Waals surface area contributed by atoms with Crippen molar-refractivity contribution in [2.75, 3.05) is 7.05 Å². The summed E-state index contributed by atoms with van der Waals surface area (Å²) in [5, 5.41) is 13.5. The first kappa shape index (κ1) is 20.5. The number of ketones is 1. The molecule has 0 aromatic heterocycles. The van der Waals surface area contributed by atoms with Crippen molar-refractivity contribution < 1.29 is 19.5 Å². The lowest BCUT2D eigenvalue weighted by Gasteiger charge is -2.20. The van der Waals surface area contributed by atoms with Gasteiger partial charge in [-0.25, -0.2) is 0 Å². The zero-order valence-corrected chi connectivity index (χ0v) is 17.8. The Morgan fingerprint density at radius 3 is 2.53 bits per heavy atom. The number of carbonyl (C=O) groups is 1. The van der Waals surface area contributed by atoms with E-state index in [1.165, 1.54) is 17.7 Å². The third kappa shape index (κ3) is 4.21. The van der Waals surface area contributed by atoms with Crippen molar-refractivity contribution in [1.29, 1.82) is 0 Å². The Morgan fingerprint density at radius 1 is 1.03 bits per heavy atom. The molecule has 1 N–H and O–H groups in total. The van der Waals surface area contributed by atoms with E-state index in [0.29, 0.717) is 39.0 Å². The molecule has 4 nitrogen and oxygen atoms in total. The number of nitrogens with one attached hydrogen (secondary N) is 1. The van der Waals surface area contributed by atoms with Crippen molar-refractivity contribution in [3.8, 4) is 11.5 Å². The maximum absolute atomic E-state index is 12.8. The van der Waals surface area contributed by atoms with Gasteiger partial charge >= 0.3 is 0 Å². The summed E-state index contributed by atoms with van der Waals surface area (Å²) in [4.78, 5) is 14.0. The molecule has 3 aromatic rings. The lowest BCUT2D eigenvalue weighted by atomic mass is 10.0. The molecule has 3 aromatic carbocycles. The van der Waals surface area contributed by atoms with Crippen LogP contribution in [0.25, 0.3) is 6.08 Å². The molecular formula is C24H19Cl2NO3. The van der Waals surface area contributed by atoms with Crippen LogP contribution in [-0.4, -0.2) is 12.8 Å². The van der Waals surface area contributed by atoms with E-state index in [1.807, 2.05) is 37.4 Å². The van der Waals surface area contributed by atoms with Gasteiger partial charge in [0.1, 0.15) is 18.8 Å². The second kappa shape index (κ2) is 8.52. The monoisotopic (exact) mass is 439 g/mol. The largest absolute Gasteiger partial charge is 0.872 e.